The lowest BCUT2D eigenvalue weighted by atomic mass is 9.59. The van der Waals surface area contributed by atoms with Crippen LogP contribution in [0.4, 0.5) is 0 Å². The summed E-state index contributed by atoms with van der Waals surface area (Å²) in [5.74, 6) is -0.632. The molecule has 0 bridgehead atoms. The highest BCUT2D eigenvalue weighted by Crippen LogP contribution is 2.50. The van der Waals surface area contributed by atoms with Crippen LogP contribution in [0.3, 0.4) is 0 Å². The third-order valence-electron chi connectivity index (χ3n) is 6.01. The van der Waals surface area contributed by atoms with Crippen molar-refractivity contribution in [3.05, 3.63) is 48.0 Å². The zero-order chi connectivity index (χ0) is 18.7. The van der Waals surface area contributed by atoms with E-state index in [1.807, 2.05) is 26.0 Å². The maximum Gasteiger partial charge on any atom is 0.309 e. The summed E-state index contributed by atoms with van der Waals surface area (Å²) in [7, 11) is 0. The van der Waals surface area contributed by atoms with Crippen LogP contribution in [0.15, 0.2) is 42.5 Å². The van der Waals surface area contributed by atoms with Gasteiger partial charge in [-0.25, -0.2) is 0 Å². The van der Waals surface area contributed by atoms with Gasteiger partial charge < -0.3 is 10.8 Å². The van der Waals surface area contributed by atoms with Gasteiger partial charge in [0.25, 0.3) is 0 Å². The number of hydrogen-bond acceptors (Lipinski definition) is 2. The van der Waals surface area contributed by atoms with Gasteiger partial charge in [-0.05, 0) is 48.4 Å². The van der Waals surface area contributed by atoms with Gasteiger partial charge >= 0.3 is 5.97 Å². The lowest BCUT2D eigenvalue weighted by Crippen LogP contribution is -2.44. The van der Waals surface area contributed by atoms with E-state index in [0.717, 1.165) is 19.3 Å². The summed E-state index contributed by atoms with van der Waals surface area (Å²) < 4.78 is 0. The van der Waals surface area contributed by atoms with E-state index in [0.29, 0.717) is 0 Å². The summed E-state index contributed by atoms with van der Waals surface area (Å²) >= 11 is 0. The van der Waals surface area contributed by atoms with Crippen molar-refractivity contribution in [2.75, 3.05) is 0 Å². The Balaban J connectivity index is 0.000000181. The Morgan fingerprint density at radius 1 is 1.04 bits per heavy atom. The van der Waals surface area contributed by atoms with Gasteiger partial charge in [-0.1, -0.05) is 69.2 Å². The molecule has 0 aliphatic heterocycles. The van der Waals surface area contributed by atoms with Crippen LogP contribution < -0.4 is 5.73 Å². The zero-order valence-electron chi connectivity index (χ0n) is 15.9. The number of rotatable bonds is 2. The first-order valence-electron chi connectivity index (χ1n) is 9.16. The van der Waals surface area contributed by atoms with E-state index in [4.69, 9.17) is 10.8 Å². The monoisotopic (exact) mass is 341 g/mol. The molecule has 25 heavy (non-hydrogen) atoms. The van der Waals surface area contributed by atoms with Gasteiger partial charge in [0, 0.05) is 6.04 Å². The molecule has 0 radical (unpaired) electrons. The van der Waals surface area contributed by atoms with Crippen LogP contribution >= 0.6 is 0 Å². The number of aliphatic carboxylic acids is 1. The molecule has 3 nitrogen and oxygen atoms in total. The van der Waals surface area contributed by atoms with Gasteiger partial charge in [0.2, 0.25) is 0 Å². The molecular weight excluding hydrogens is 310 g/mol. The molecule has 3 rings (SSSR count). The summed E-state index contributed by atoms with van der Waals surface area (Å²) in [4.78, 5) is 11.1. The van der Waals surface area contributed by atoms with Gasteiger partial charge in [-0.2, -0.15) is 0 Å². The highest BCUT2D eigenvalue weighted by molar-refractivity contribution is 5.86. The standard InChI is InChI=1S/C12H13N.C10H18O2/c1-9(13)11-8-4-6-10-5-2-3-7-12(10)11;1-9(2)6-4-5-7-10(9,3)8(11)12/h2-9H,13H2,1H3;4-7H2,1-3H3,(H,11,12)/t9-;10-/m10/s1. The van der Waals surface area contributed by atoms with Gasteiger partial charge in [0.1, 0.15) is 0 Å². The highest BCUT2D eigenvalue weighted by Gasteiger charge is 2.48. The fraction of sp³-hybridized carbons (Fsp3) is 0.500. The Bertz CT molecular complexity index is 730. The first-order chi connectivity index (χ1) is 11.7. The van der Waals surface area contributed by atoms with E-state index in [1.165, 1.54) is 22.8 Å². The molecule has 0 unspecified atom stereocenters. The molecule has 2 atom stereocenters. The summed E-state index contributed by atoms with van der Waals surface area (Å²) in [5.41, 5.74) is 6.55. The molecule has 1 aliphatic carbocycles. The van der Waals surface area contributed by atoms with Crippen LogP contribution in [0.25, 0.3) is 10.8 Å². The number of benzene rings is 2. The van der Waals surface area contributed by atoms with E-state index in [-0.39, 0.29) is 11.5 Å². The maximum atomic E-state index is 11.1. The third kappa shape index (κ3) is 4.04. The van der Waals surface area contributed by atoms with Gasteiger partial charge in [-0.3, -0.25) is 4.79 Å². The van der Waals surface area contributed by atoms with Gasteiger partial charge in [-0.15, -0.1) is 0 Å². The van der Waals surface area contributed by atoms with Crippen LogP contribution in [-0.2, 0) is 4.79 Å². The fourth-order valence-electron chi connectivity index (χ4n) is 3.70. The van der Waals surface area contributed by atoms with Crippen LogP contribution in [0.2, 0.25) is 0 Å². The minimum absolute atomic E-state index is 0.0446. The Hall–Kier alpha value is -1.87. The second kappa shape index (κ2) is 7.57. The smallest absolute Gasteiger partial charge is 0.309 e. The van der Waals surface area contributed by atoms with Gasteiger partial charge in [0.15, 0.2) is 0 Å². The second-order valence-electron chi connectivity index (χ2n) is 8.09. The summed E-state index contributed by atoms with van der Waals surface area (Å²) in [6, 6.07) is 14.7. The average Bonchev–Trinajstić information content (AvgIpc) is 2.57. The predicted octanol–water partition coefficient (Wildman–Crippen LogP) is 5.54. The first-order valence-corrected chi connectivity index (χ1v) is 9.16. The summed E-state index contributed by atoms with van der Waals surface area (Å²) in [5, 5.41) is 11.7. The molecule has 0 amide bonds. The molecule has 1 aliphatic rings. The van der Waals surface area contributed by atoms with Crippen LogP contribution in [0.1, 0.15) is 65.0 Å². The normalized spacial score (nSPS) is 23.4. The number of nitrogens with two attached hydrogens (primary N) is 1. The number of hydrogen-bond donors (Lipinski definition) is 2. The Morgan fingerprint density at radius 3 is 2.20 bits per heavy atom. The molecule has 136 valence electrons. The quantitative estimate of drug-likeness (QED) is 0.754. The van der Waals surface area contributed by atoms with Gasteiger partial charge in [0.05, 0.1) is 5.41 Å². The predicted molar refractivity (Wildman–Crippen MR) is 105 cm³/mol. The largest absolute Gasteiger partial charge is 0.481 e. The van der Waals surface area contributed by atoms with Crippen LogP contribution in [-0.4, -0.2) is 11.1 Å². The topological polar surface area (TPSA) is 63.3 Å². The van der Waals surface area contributed by atoms with Crippen molar-refractivity contribution in [1.29, 1.82) is 0 Å². The van der Waals surface area contributed by atoms with Crippen LogP contribution in [0, 0.1) is 10.8 Å². The molecule has 0 heterocycles. The third-order valence-corrected chi connectivity index (χ3v) is 6.01. The molecule has 3 heteroatoms. The van der Waals surface area contributed by atoms with E-state index in [1.54, 1.807) is 0 Å². The van der Waals surface area contributed by atoms with Crippen molar-refractivity contribution in [3.8, 4) is 0 Å². The van der Waals surface area contributed by atoms with E-state index < -0.39 is 11.4 Å². The fourth-order valence-corrected chi connectivity index (χ4v) is 3.70. The first kappa shape index (κ1) is 19.5. The molecule has 0 aromatic heterocycles. The number of carboxylic acids is 1. The molecule has 0 saturated heterocycles. The molecular formula is C22H31NO2. The van der Waals surface area contributed by atoms with E-state index in [9.17, 15) is 4.79 Å². The molecule has 1 saturated carbocycles. The Labute approximate surface area is 151 Å². The lowest BCUT2D eigenvalue weighted by Gasteiger charge is -2.44. The van der Waals surface area contributed by atoms with Crippen molar-refractivity contribution in [3.63, 3.8) is 0 Å². The van der Waals surface area contributed by atoms with E-state index in [2.05, 4.69) is 44.2 Å². The molecule has 2 aromatic carbocycles. The van der Waals surface area contributed by atoms with E-state index >= 15 is 0 Å². The maximum absolute atomic E-state index is 11.1. The Kier molecular flexibility index (Phi) is 5.89. The van der Waals surface area contributed by atoms with Crippen molar-refractivity contribution >= 4 is 16.7 Å². The minimum atomic E-state index is -0.632. The van der Waals surface area contributed by atoms with Crippen LogP contribution in [0.5, 0.6) is 0 Å². The zero-order valence-corrected chi connectivity index (χ0v) is 15.9. The SMILES string of the molecule is CC1(C)CCCC[C@@]1(C)C(=O)O.C[C@@H](N)c1cccc2ccccc12. The average molecular weight is 341 g/mol. The lowest BCUT2D eigenvalue weighted by molar-refractivity contribution is -0.158. The number of carboxylic acid groups (broad SMARTS) is 1. The molecule has 0 spiro atoms. The van der Waals surface area contributed by atoms with Crippen molar-refractivity contribution < 1.29 is 9.90 Å². The minimum Gasteiger partial charge on any atom is -0.481 e. The molecule has 1 fully saturated rings. The van der Waals surface area contributed by atoms with Crippen molar-refractivity contribution in [1.82, 2.24) is 0 Å². The summed E-state index contributed by atoms with van der Waals surface area (Å²) in [6.45, 7) is 8.04. The highest BCUT2D eigenvalue weighted by atomic mass is 16.4. The number of carbonyl (C=O) groups is 1. The molecule has 3 N–H and O–H groups in total. The number of fused-ring (bicyclic) bond motifs is 1. The van der Waals surface area contributed by atoms with Crippen molar-refractivity contribution in [2.24, 2.45) is 16.6 Å². The van der Waals surface area contributed by atoms with Crippen molar-refractivity contribution in [2.45, 2.75) is 59.4 Å². The Morgan fingerprint density at radius 2 is 1.64 bits per heavy atom. The summed E-state index contributed by atoms with van der Waals surface area (Å²) in [6.07, 6.45) is 4.10. The molecule has 2 aromatic rings. The second-order valence-corrected chi connectivity index (χ2v) is 8.09.